The molecule has 0 aromatic heterocycles. The van der Waals surface area contributed by atoms with Crippen molar-refractivity contribution in [3.05, 3.63) is 0 Å². The van der Waals surface area contributed by atoms with Crippen LogP contribution < -0.4 is 10.6 Å². The molecule has 1 aliphatic rings. The molecule has 0 aromatic rings. The molecule has 1 heterocycles. The Morgan fingerprint density at radius 2 is 2.36 bits per heavy atom. The normalized spacial score (nSPS) is 26.4. The second-order valence-electron chi connectivity index (χ2n) is 3.59. The lowest BCUT2D eigenvalue weighted by atomic mass is 9.92. The first kappa shape index (κ1) is 13.7. The molecule has 1 amide bonds. The van der Waals surface area contributed by atoms with Gasteiger partial charge in [0.25, 0.3) is 0 Å². The summed E-state index contributed by atoms with van der Waals surface area (Å²) in [6.45, 7) is 3.40. The topological polar surface area (TPSA) is 61.4 Å². The van der Waals surface area contributed by atoms with Crippen LogP contribution in [0, 0.1) is 5.92 Å². The SMILES string of the molecule is C[C@H]1C[C@@H](C(=O)NCCO)CCN1.Cl. The number of aliphatic hydroxyl groups is 1. The Balaban J connectivity index is 0.00000169. The zero-order chi connectivity index (χ0) is 9.68. The number of hydrogen-bond acceptors (Lipinski definition) is 3. The molecule has 0 saturated carbocycles. The molecule has 0 spiro atoms. The van der Waals surface area contributed by atoms with Gasteiger partial charge in [-0.1, -0.05) is 0 Å². The number of aliphatic hydroxyl groups excluding tert-OH is 1. The lowest BCUT2D eigenvalue weighted by Crippen LogP contribution is -2.42. The third kappa shape index (κ3) is 4.26. The highest BCUT2D eigenvalue weighted by Gasteiger charge is 2.23. The predicted octanol–water partition coefficient (Wildman–Crippen LogP) is -0.0952. The molecular weight excluding hydrogens is 204 g/mol. The number of rotatable bonds is 3. The Bertz CT molecular complexity index is 178. The van der Waals surface area contributed by atoms with Gasteiger partial charge >= 0.3 is 0 Å². The largest absolute Gasteiger partial charge is 0.395 e. The third-order valence-corrected chi connectivity index (χ3v) is 2.41. The predicted molar refractivity (Wildman–Crippen MR) is 57.5 cm³/mol. The van der Waals surface area contributed by atoms with E-state index in [2.05, 4.69) is 17.6 Å². The van der Waals surface area contributed by atoms with Crippen LogP contribution in [0.1, 0.15) is 19.8 Å². The first-order valence-corrected chi connectivity index (χ1v) is 4.86. The summed E-state index contributed by atoms with van der Waals surface area (Å²) in [4.78, 5) is 11.5. The second-order valence-corrected chi connectivity index (χ2v) is 3.59. The maximum Gasteiger partial charge on any atom is 0.223 e. The highest BCUT2D eigenvalue weighted by molar-refractivity contribution is 5.85. The minimum absolute atomic E-state index is 0. The van der Waals surface area contributed by atoms with Crippen LogP contribution in [0.2, 0.25) is 0 Å². The van der Waals surface area contributed by atoms with Crippen molar-refractivity contribution in [3.8, 4) is 0 Å². The van der Waals surface area contributed by atoms with Gasteiger partial charge in [-0.3, -0.25) is 4.79 Å². The molecule has 0 radical (unpaired) electrons. The number of amides is 1. The fourth-order valence-electron chi connectivity index (χ4n) is 1.69. The van der Waals surface area contributed by atoms with Crippen molar-refractivity contribution in [1.29, 1.82) is 0 Å². The van der Waals surface area contributed by atoms with Crippen LogP contribution in [0.5, 0.6) is 0 Å². The van der Waals surface area contributed by atoms with E-state index >= 15 is 0 Å². The fourth-order valence-corrected chi connectivity index (χ4v) is 1.69. The van der Waals surface area contributed by atoms with E-state index in [-0.39, 0.29) is 30.8 Å². The third-order valence-electron chi connectivity index (χ3n) is 2.41. The zero-order valence-corrected chi connectivity index (χ0v) is 9.27. The van der Waals surface area contributed by atoms with Gasteiger partial charge in [-0.2, -0.15) is 0 Å². The average molecular weight is 223 g/mol. The van der Waals surface area contributed by atoms with Gasteiger partial charge in [0.2, 0.25) is 5.91 Å². The van der Waals surface area contributed by atoms with E-state index in [0.29, 0.717) is 12.6 Å². The Kier molecular flexibility index (Phi) is 6.87. The van der Waals surface area contributed by atoms with Crippen LogP contribution in [-0.4, -0.2) is 36.8 Å². The minimum Gasteiger partial charge on any atom is -0.395 e. The number of halogens is 1. The molecule has 14 heavy (non-hydrogen) atoms. The van der Waals surface area contributed by atoms with Crippen molar-refractivity contribution in [1.82, 2.24) is 10.6 Å². The van der Waals surface area contributed by atoms with Crippen molar-refractivity contribution in [2.75, 3.05) is 19.7 Å². The quantitative estimate of drug-likeness (QED) is 0.625. The molecule has 1 rings (SSSR count). The Morgan fingerprint density at radius 3 is 2.93 bits per heavy atom. The van der Waals surface area contributed by atoms with Crippen LogP contribution in [0.4, 0.5) is 0 Å². The van der Waals surface area contributed by atoms with E-state index in [1.165, 1.54) is 0 Å². The highest BCUT2D eigenvalue weighted by Crippen LogP contribution is 2.15. The summed E-state index contributed by atoms with van der Waals surface area (Å²) in [5.41, 5.74) is 0. The number of carbonyl (C=O) groups excluding carboxylic acids is 1. The van der Waals surface area contributed by atoms with E-state index in [4.69, 9.17) is 5.11 Å². The summed E-state index contributed by atoms with van der Waals surface area (Å²) < 4.78 is 0. The van der Waals surface area contributed by atoms with Gasteiger partial charge in [0.1, 0.15) is 0 Å². The summed E-state index contributed by atoms with van der Waals surface area (Å²) in [5, 5.41) is 14.5. The van der Waals surface area contributed by atoms with Gasteiger partial charge in [-0.05, 0) is 26.3 Å². The maximum absolute atomic E-state index is 11.5. The monoisotopic (exact) mass is 222 g/mol. The summed E-state index contributed by atoms with van der Waals surface area (Å²) in [7, 11) is 0. The first-order chi connectivity index (χ1) is 6.24. The molecule has 0 unspecified atom stereocenters. The second kappa shape index (κ2) is 7.04. The van der Waals surface area contributed by atoms with Gasteiger partial charge in [0, 0.05) is 18.5 Å². The van der Waals surface area contributed by atoms with Gasteiger partial charge < -0.3 is 15.7 Å². The molecule has 84 valence electrons. The number of carbonyl (C=O) groups is 1. The maximum atomic E-state index is 11.5. The van der Waals surface area contributed by atoms with Crippen molar-refractivity contribution < 1.29 is 9.90 Å². The molecule has 2 atom stereocenters. The first-order valence-electron chi connectivity index (χ1n) is 4.86. The average Bonchev–Trinajstić information content (AvgIpc) is 2.14. The summed E-state index contributed by atoms with van der Waals surface area (Å²) in [6.07, 6.45) is 1.80. The lowest BCUT2D eigenvalue weighted by molar-refractivity contribution is -0.126. The van der Waals surface area contributed by atoms with E-state index < -0.39 is 0 Å². The minimum atomic E-state index is 0. The van der Waals surface area contributed by atoms with Crippen molar-refractivity contribution >= 4 is 18.3 Å². The van der Waals surface area contributed by atoms with E-state index in [1.807, 2.05) is 0 Å². The van der Waals surface area contributed by atoms with Gasteiger partial charge in [0.05, 0.1) is 6.61 Å². The molecule has 0 aromatic carbocycles. The summed E-state index contributed by atoms with van der Waals surface area (Å²) >= 11 is 0. The highest BCUT2D eigenvalue weighted by atomic mass is 35.5. The van der Waals surface area contributed by atoms with Crippen molar-refractivity contribution in [2.24, 2.45) is 5.92 Å². The van der Waals surface area contributed by atoms with Crippen LogP contribution in [0.15, 0.2) is 0 Å². The molecule has 1 saturated heterocycles. The molecule has 1 fully saturated rings. The van der Waals surface area contributed by atoms with Crippen molar-refractivity contribution in [3.63, 3.8) is 0 Å². The van der Waals surface area contributed by atoms with E-state index in [1.54, 1.807) is 0 Å². The standard InChI is InChI=1S/C9H18N2O2.ClH/c1-7-6-8(2-3-10-7)9(13)11-4-5-12;/h7-8,10,12H,2-6H2,1H3,(H,11,13);1H/t7-,8-;/m0./s1. The van der Waals surface area contributed by atoms with Crippen LogP contribution in [-0.2, 0) is 4.79 Å². The Hall–Kier alpha value is -0.320. The molecule has 0 aliphatic carbocycles. The van der Waals surface area contributed by atoms with Gasteiger partial charge in [-0.15, -0.1) is 12.4 Å². The number of hydrogen-bond donors (Lipinski definition) is 3. The molecule has 4 nitrogen and oxygen atoms in total. The Labute approximate surface area is 90.9 Å². The number of nitrogens with one attached hydrogen (secondary N) is 2. The van der Waals surface area contributed by atoms with Crippen LogP contribution in [0.25, 0.3) is 0 Å². The lowest BCUT2D eigenvalue weighted by Gasteiger charge is -2.26. The molecule has 5 heteroatoms. The smallest absolute Gasteiger partial charge is 0.223 e. The van der Waals surface area contributed by atoms with Crippen LogP contribution >= 0.6 is 12.4 Å². The fraction of sp³-hybridized carbons (Fsp3) is 0.889. The number of piperidine rings is 1. The van der Waals surface area contributed by atoms with Gasteiger partial charge in [-0.25, -0.2) is 0 Å². The summed E-state index contributed by atoms with van der Waals surface area (Å²) in [5.74, 6) is 0.213. The molecule has 0 bridgehead atoms. The zero-order valence-electron chi connectivity index (χ0n) is 8.45. The Morgan fingerprint density at radius 1 is 1.64 bits per heavy atom. The van der Waals surface area contributed by atoms with Crippen molar-refractivity contribution in [2.45, 2.75) is 25.8 Å². The van der Waals surface area contributed by atoms with E-state index in [9.17, 15) is 4.79 Å². The summed E-state index contributed by atoms with van der Waals surface area (Å²) in [6, 6.07) is 0.429. The van der Waals surface area contributed by atoms with E-state index in [0.717, 1.165) is 19.4 Å². The molecule has 1 aliphatic heterocycles. The molecule has 3 N–H and O–H groups in total. The van der Waals surface area contributed by atoms with Crippen LogP contribution in [0.3, 0.4) is 0 Å². The van der Waals surface area contributed by atoms with Gasteiger partial charge in [0.15, 0.2) is 0 Å². The molecular formula is C9H19ClN2O2.